The summed E-state index contributed by atoms with van der Waals surface area (Å²) in [6.07, 6.45) is 8.70. The Balaban J connectivity index is 1.79. The van der Waals surface area contributed by atoms with Crippen molar-refractivity contribution in [1.82, 2.24) is 4.90 Å². The Bertz CT molecular complexity index is 251. The monoisotopic (exact) mass is 240 g/mol. The van der Waals surface area contributed by atoms with E-state index < -0.39 is 0 Å². The molecule has 3 nitrogen and oxygen atoms in total. The van der Waals surface area contributed by atoms with Gasteiger partial charge in [0.2, 0.25) is 0 Å². The molecule has 3 heteroatoms. The molecule has 0 spiro atoms. The van der Waals surface area contributed by atoms with Crippen LogP contribution in [0.2, 0.25) is 0 Å². The first-order valence-electron chi connectivity index (χ1n) is 7.12. The van der Waals surface area contributed by atoms with Crippen LogP contribution in [-0.2, 0) is 4.74 Å². The highest BCUT2D eigenvalue weighted by Gasteiger charge is 2.33. The molecule has 2 aliphatic rings. The molecule has 0 amide bonds. The third kappa shape index (κ3) is 3.43. The quantitative estimate of drug-likeness (QED) is 0.818. The van der Waals surface area contributed by atoms with E-state index >= 15 is 0 Å². The van der Waals surface area contributed by atoms with Crippen LogP contribution in [0.3, 0.4) is 0 Å². The average molecular weight is 240 g/mol. The van der Waals surface area contributed by atoms with E-state index in [0.717, 1.165) is 19.5 Å². The molecule has 1 saturated carbocycles. The standard InChI is InChI=1S/C14H28N2O/c1-13(17-2)6-5-10-16(12-13)11-9-14(15)7-3-4-8-14/h3-12,15H2,1-2H3. The van der Waals surface area contributed by atoms with Gasteiger partial charge >= 0.3 is 0 Å². The summed E-state index contributed by atoms with van der Waals surface area (Å²) < 4.78 is 5.63. The van der Waals surface area contributed by atoms with Crippen molar-refractivity contribution in [2.45, 2.75) is 63.0 Å². The minimum Gasteiger partial charge on any atom is -0.377 e. The van der Waals surface area contributed by atoms with Gasteiger partial charge in [0.25, 0.3) is 0 Å². The van der Waals surface area contributed by atoms with Gasteiger partial charge < -0.3 is 15.4 Å². The minimum absolute atomic E-state index is 0.0652. The number of methoxy groups -OCH3 is 1. The summed E-state index contributed by atoms with van der Waals surface area (Å²) in [5.74, 6) is 0. The Kier molecular flexibility index (Phi) is 4.11. The van der Waals surface area contributed by atoms with Crippen LogP contribution >= 0.6 is 0 Å². The van der Waals surface area contributed by atoms with E-state index in [-0.39, 0.29) is 11.1 Å². The molecule has 2 N–H and O–H groups in total. The SMILES string of the molecule is COC1(C)CCCN(CCC2(N)CCCC2)C1. The predicted molar refractivity (Wildman–Crippen MR) is 71.1 cm³/mol. The van der Waals surface area contributed by atoms with E-state index in [2.05, 4.69) is 11.8 Å². The summed E-state index contributed by atoms with van der Waals surface area (Å²) in [5.41, 5.74) is 6.62. The number of likely N-dealkylation sites (tertiary alicyclic amines) is 1. The molecule has 0 aromatic heterocycles. The maximum atomic E-state index is 6.42. The average Bonchev–Trinajstić information content (AvgIpc) is 2.75. The number of nitrogens with zero attached hydrogens (tertiary/aromatic N) is 1. The molecule has 0 radical (unpaired) electrons. The lowest BCUT2D eigenvalue weighted by Gasteiger charge is -2.40. The van der Waals surface area contributed by atoms with Gasteiger partial charge in [-0.15, -0.1) is 0 Å². The Hall–Kier alpha value is -0.120. The molecule has 17 heavy (non-hydrogen) atoms. The second kappa shape index (κ2) is 5.25. The van der Waals surface area contributed by atoms with Crippen molar-refractivity contribution >= 4 is 0 Å². The molecule has 1 unspecified atom stereocenters. The smallest absolute Gasteiger partial charge is 0.0777 e. The zero-order valence-electron chi connectivity index (χ0n) is 11.5. The van der Waals surface area contributed by atoms with E-state index in [0.29, 0.717) is 0 Å². The lowest BCUT2D eigenvalue weighted by atomic mass is 9.91. The van der Waals surface area contributed by atoms with Gasteiger partial charge in [0, 0.05) is 19.2 Å². The summed E-state index contributed by atoms with van der Waals surface area (Å²) in [4.78, 5) is 2.54. The van der Waals surface area contributed by atoms with Crippen molar-refractivity contribution < 1.29 is 4.74 Å². The fourth-order valence-corrected chi connectivity index (χ4v) is 3.38. The molecule has 1 heterocycles. The Morgan fingerprint density at radius 3 is 2.53 bits per heavy atom. The molecule has 1 atom stereocenters. The Morgan fingerprint density at radius 1 is 1.18 bits per heavy atom. The number of ether oxygens (including phenoxy) is 1. The van der Waals surface area contributed by atoms with Crippen molar-refractivity contribution in [2.24, 2.45) is 5.73 Å². The Labute approximate surface area is 106 Å². The maximum Gasteiger partial charge on any atom is 0.0777 e. The van der Waals surface area contributed by atoms with Crippen molar-refractivity contribution in [1.29, 1.82) is 0 Å². The second-order valence-corrected chi connectivity index (χ2v) is 6.35. The fourth-order valence-electron chi connectivity index (χ4n) is 3.38. The van der Waals surface area contributed by atoms with E-state index in [1.165, 1.54) is 45.1 Å². The van der Waals surface area contributed by atoms with Gasteiger partial charge in [-0.3, -0.25) is 0 Å². The fraction of sp³-hybridized carbons (Fsp3) is 1.00. The van der Waals surface area contributed by atoms with Crippen LogP contribution in [0.25, 0.3) is 0 Å². The van der Waals surface area contributed by atoms with Gasteiger partial charge in [0.05, 0.1) is 5.60 Å². The molecule has 1 aliphatic carbocycles. The van der Waals surface area contributed by atoms with Crippen LogP contribution in [0.1, 0.15) is 51.9 Å². The van der Waals surface area contributed by atoms with E-state index in [9.17, 15) is 0 Å². The van der Waals surface area contributed by atoms with Gasteiger partial charge in [-0.05, 0) is 52.1 Å². The summed E-state index contributed by atoms with van der Waals surface area (Å²) in [6.45, 7) is 5.66. The lowest BCUT2D eigenvalue weighted by molar-refractivity contribution is -0.0517. The molecular formula is C14H28N2O. The first kappa shape index (κ1) is 13.3. The zero-order chi connectivity index (χ0) is 12.4. The third-order valence-corrected chi connectivity index (χ3v) is 4.76. The molecule has 0 aromatic rings. The molecule has 100 valence electrons. The molecule has 2 rings (SSSR count). The van der Waals surface area contributed by atoms with Gasteiger partial charge in [-0.25, -0.2) is 0 Å². The number of hydrogen-bond donors (Lipinski definition) is 1. The third-order valence-electron chi connectivity index (χ3n) is 4.76. The van der Waals surface area contributed by atoms with Gasteiger partial charge in [0.15, 0.2) is 0 Å². The van der Waals surface area contributed by atoms with E-state index in [1.54, 1.807) is 0 Å². The highest BCUT2D eigenvalue weighted by molar-refractivity contribution is 4.91. The van der Waals surface area contributed by atoms with Gasteiger partial charge in [-0.1, -0.05) is 12.8 Å². The topological polar surface area (TPSA) is 38.5 Å². The molecule has 2 fully saturated rings. The lowest BCUT2D eigenvalue weighted by Crippen LogP contribution is -2.49. The second-order valence-electron chi connectivity index (χ2n) is 6.35. The minimum atomic E-state index is 0.0652. The number of nitrogens with two attached hydrogens (primary N) is 1. The Morgan fingerprint density at radius 2 is 1.88 bits per heavy atom. The molecule has 1 saturated heterocycles. The molecule has 1 aliphatic heterocycles. The first-order chi connectivity index (χ1) is 8.05. The first-order valence-corrected chi connectivity index (χ1v) is 7.12. The van der Waals surface area contributed by atoms with Crippen LogP contribution in [0.15, 0.2) is 0 Å². The predicted octanol–water partition coefficient (Wildman–Crippen LogP) is 2.15. The van der Waals surface area contributed by atoms with Crippen LogP contribution < -0.4 is 5.73 Å². The van der Waals surface area contributed by atoms with Crippen molar-refractivity contribution in [3.63, 3.8) is 0 Å². The maximum absolute atomic E-state index is 6.42. The van der Waals surface area contributed by atoms with E-state index in [4.69, 9.17) is 10.5 Å². The molecule has 0 bridgehead atoms. The van der Waals surface area contributed by atoms with Crippen LogP contribution in [0.5, 0.6) is 0 Å². The highest BCUT2D eigenvalue weighted by atomic mass is 16.5. The van der Waals surface area contributed by atoms with Crippen LogP contribution in [0, 0.1) is 0 Å². The normalized spacial score (nSPS) is 34.1. The van der Waals surface area contributed by atoms with Gasteiger partial charge in [0.1, 0.15) is 0 Å². The number of hydrogen-bond acceptors (Lipinski definition) is 3. The molecular weight excluding hydrogens is 212 g/mol. The largest absolute Gasteiger partial charge is 0.377 e. The summed E-state index contributed by atoms with van der Waals surface area (Å²) in [7, 11) is 1.84. The van der Waals surface area contributed by atoms with Gasteiger partial charge in [-0.2, -0.15) is 0 Å². The zero-order valence-corrected chi connectivity index (χ0v) is 11.5. The summed E-state index contributed by atoms with van der Waals surface area (Å²) in [6, 6.07) is 0. The van der Waals surface area contributed by atoms with E-state index in [1.807, 2.05) is 7.11 Å². The summed E-state index contributed by atoms with van der Waals surface area (Å²) in [5, 5.41) is 0. The summed E-state index contributed by atoms with van der Waals surface area (Å²) >= 11 is 0. The number of piperidine rings is 1. The van der Waals surface area contributed by atoms with Crippen LogP contribution in [0.4, 0.5) is 0 Å². The highest BCUT2D eigenvalue weighted by Crippen LogP contribution is 2.31. The van der Waals surface area contributed by atoms with Crippen molar-refractivity contribution in [3.8, 4) is 0 Å². The van der Waals surface area contributed by atoms with Crippen molar-refractivity contribution in [3.05, 3.63) is 0 Å². The molecule has 0 aromatic carbocycles. The van der Waals surface area contributed by atoms with Crippen LogP contribution in [-0.4, -0.2) is 42.8 Å². The van der Waals surface area contributed by atoms with Crippen molar-refractivity contribution in [2.75, 3.05) is 26.7 Å². The number of rotatable bonds is 4.